The minimum absolute atomic E-state index is 0.0892. The van der Waals surface area contributed by atoms with Gasteiger partial charge in [0.25, 0.3) is 0 Å². The molecule has 1 heterocycles. The van der Waals surface area contributed by atoms with E-state index in [0.717, 1.165) is 18.4 Å². The quantitative estimate of drug-likeness (QED) is 0.642. The number of aromatic hydroxyl groups is 1. The van der Waals surface area contributed by atoms with Gasteiger partial charge in [-0.15, -0.1) is 10.2 Å². The van der Waals surface area contributed by atoms with Crippen LogP contribution in [0.3, 0.4) is 0 Å². The lowest BCUT2D eigenvalue weighted by molar-refractivity contribution is 0.373. The van der Waals surface area contributed by atoms with Crippen molar-refractivity contribution in [1.29, 1.82) is 0 Å². The molecule has 0 aliphatic rings. The van der Waals surface area contributed by atoms with Gasteiger partial charge in [0, 0.05) is 5.56 Å². The summed E-state index contributed by atoms with van der Waals surface area (Å²) in [4.78, 5) is 4.67. The lowest BCUT2D eigenvalue weighted by Gasteiger charge is -2.19. The van der Waals surface area contributed by atoms with Gasteiger partial charge in [-0.3, -0.25) is 0 Å². The van der Waals surface area contributed by atoms with Gasteiger partial charge in [0.1, 0.15) is 0 Å². The fourth-order valence-electron chi connectivity index (χ4n) is 2.99. The van der Waals surface area contributed by atoms with Crippen molar-refractivity contribution in [2.45, 2.75) is 32.7 Å². The molecule has 3 rings (SSSR count). The average Bonchev–Trinajstić information content (AvgIpc) is 2.70. The molecule has 6 nitrogen and oxygen atoms in total. The number of rotatable bonds is 7. The van der Waals surface area contributed by atoms with Crippen LogP contribution in [0, 0.1) is 6.92 Å². The zero-order valence-corrected chi connectivity index (χ0v) is 15.8. The molecule has 6 heteroatoms. The van der Waals surface area contributed by atoms with Crippen LogP contribution in [0.15, 0.2) is 48.5 Å². The van der Waals surface area contributed by atoms with E-state index < -0.39 is 0 Å². The van der Waals surface area contributed by atoms with E-state index in [2.05, 4.69) is 39.6 Å². The minimum atomic E-state index is 0.0892. The van der Waals surface area contributed by atoms with Gasteiger partial charge < -0.3 is 15.2 Å². The van der Waals surface area contributed by atoms with Crippen molar-refractivity contribution in [3.05, 3.63) is 59.8 Å². The monoisotopic (exact) mass is 364 g/mol. The van der Waals surface area contributed by atoms with E-state index in [1.165, 1.54) is 12.7 Å². The summed E-state index contributed by atoms with van der Waals surface area (Å²) in [5.41, 5.74) is 3.41. The number of aromatic nitrogens is 3. The summed E-state index contributed by atoms with van der Waals surface area (Å²) in [5, 5.41) is 21.7. The van der Waals surface area contributed by atoms with Crippen LogP contribution in [0.25, 0.3) is 11.3 Å². The summed E-state index contributed by atoms with van der Waals surface area (Å²) in [6.07, 6.45) is 2.00. The van der Waals surface area contributed by atoms with E-state index in [9.17, 15) is 5.11 Å². The molecule has 0 aliphatic heterocycles. The molecule has 2 N–H and O–H groups in total. The molecule has 0 saturated heterocycles. The van der Waals surface area contributed by atoms with Crippen LogP contribution < -0.4 is 10.1 Å². The van der Waals surface area contributed by atoms with Gasteiger partial charge in [0.2, 0.25) is 5.95 Å². The van der Waals surface area contributed by atoms with Crippen LogP contribution >= 0.6 is 0 Å². The number of ether oxygens (including phenoxy) is 1. The van der Waals surface area contributed by atoms with Crippen LogP contribution in [-0.2, 0) is 0 Å². The van der Waals surface area contributed by atoms with Gasteiger partial charge in [0.15, 0.2) is 11.5 Å². The second kappa shape index (κ2) is 8.49. The highest BCUT2D eigenvalue weighted by Gasteiger charge is 2.15. The maximum absolute atomic E-state index is 9.82. The number of nitrogens with zero attached hydrogens (tertiary/aromatic N) is 3. The first kappa shape index (κ1) is 18.6. The Labute approximate surface area is 159 Å². The highest BCUT2D eigenvalue weighted by atomic mass is 16.5. The molecular formula is C21H24N4O2. The first-order chi connectivity index (χ1) is 13.1. The Bertz CT molecular complexity index is 900. The molecule has 140 valence electrons. The maximum Gasteiger partial charge on any atom is 0.243 e. The number of phenolic OH excluding ortho intramolecular Hbond substituents is 1. The number of nitrogens with one attached hydrogen (secondary N) is 1. The maximum atomic E-state index is 9.82. The SMILES string of the molecule is CCCC(Nc1nnc(C)c(-c2ccc(O)c(OC)c2)n1)c1ccccc1. The Morgan fingerprint density at radius 2 is 1.89 bits per heavy atom. The van der Waals surface area contributed by atoms with Crippen molar-refractivity contribution in [2.75, 3.05) is 12.4 Å². The molecule has 0 fully saturated rings. The van der Waals surface area contributed by atoms with E-state index in [1.54, 1.807) is 18.2 Å². The summed E-state index contributed by atoms with van der Waals surface area (Å²) >= 11 is 0. The first-order valence-electron chi connectivity index (χ1n) is 9.02. The summed E-state index contributed by atoms with van der Waals surface area (Å²) in [5.74, 6) is 0.962. The van der Waals surface area contributed by atoms with Crippen LogP contribution in [0.4, 0.5) is 5.95 Å². The molecule has 0 aliphatic carbocycles. The third-order valence-electron chi connectivity index (χ3n) is 4.39. The molecular weight excluding hydrogens is 340 g/mol. The smallest absolute Gasteiger partial charge is 0.243 e. The predicted molar refractivity (Wildman–Crippen MR) is 106 cm³/mol. The number of phenols is 1. The summed E-state index contributed by atoms with van der Waals surface area (Å²) < 4.78 is 5.20. The van der Waals surface area contributed by atoms with Crippen LogP contribution in [0.5, 0.6) is 11.5 Å². The topological polar surface area (TPSA) is 80.2 Å². The number of hydrogen-bond donors (Lipinski definition) is 2. The second-order valence-corrected chi connectivity index (χ2v) is 6.35. The molecule has 0 bridgehead atoms. The third kappa shape index (κ3) is 4.34. The van der Waals surface area contributed by atoms with E-state index in [4.69, 9.17) is 4.74 Å². The third-order valence-corrected chi connectivity index (χ3v) is 4.39. The first-order valence-corrected chi connectivity index (χ1v) is 9.02. The number of aryl methyl sites for hydroxylation is 1. The fraction of sp³-hybridized carbons (Fsp3) is 0.286. The largest absolute Gasteiger partial charge is 0.504 e. The molecule has 0 radical (unpaired) electrons. The standard InChI is InChI=1S/C21H24N4O2/c1-4-8-17(15-9-6-5-7-10-15)22-21-23-20(14(2)24-25-21)16-11-12-18(26)19(13-16)27-3/h5-7,9-13,17,26H,4,8H2,1-3H3,(H,22,23,25). The fourth-order valence-corrected chi connectivity index (χ4v) is 2.99. The highest BCUT2D eigenvalue weighted by molar-refractivity contribution is 5.66. The van der Waals surface area contributed by atoms with Gasteiger partial charge in [-0.1, -0.05) is 43.7 Å². The number of anilines is 1. The van der Waals surface area contributed by atoms with Gasteiger partial charge >= 0.3 is 0 Å². The van der Waals surface area contributed by atoms with Crippen LogP contribution in [0.1, 0.15) is 37.1 Å². The van der Waals surface area contributed by atoms with Gasteiger partial charge in [-0.2, -0.15) is 0 Å². The van der Waals surface area contributed by atoms with Crippen molar-refractivity contribution < 1.29 is 9.84 Å². The Morgan fingerprint density at radius 3 is 2.59 bits per heavy atom. The van der Waals surface area contributed by atoms with Crippen molar-refractivity contribution in [2.24, 2.45) is 0 Å². The Hall–Kier alpha value is -3.15. The van der Waals surface area contributed by atoms with Crippen LogP contribution in [0.2, 0.25) is 0 Å². The zero-order valence-electron chi connectivity index (χ0n) is 15.8. The van der Waals surface area contributed by atoms with Crippen molar-refractivity contribution in [3.8, 4) is 22.8 Å². The molecule has 1 aromatic heterocycles. The normalized spacial score (nSPS) is 11.8. The Kier molecular flexibility index (Phi) is 5.86. The zero-order chi connectivity index (χ0) is 19.2. The minimum Gasteiger partial charge on any atom is -0.504 e. The van der Waals surface area contributed by atoms with Crippen LogP contribution in [-0.4, -0.2) is 27.4 Å². The summed E-state index contributed by atoms with van der Waals surface area (Å²) in [6, 6.07) is 15.5. The Balaban J connectivity index is 1.93. The van der Waals surface area contributed by atoms with E-state index >= 15 is 0 Å². The number of hydrogen-bond acceptors (Lipinski definition) is 6. The van der Waals surface area contributed by atoms with E-state index in [1.807, 2.05) is 25.1 Å². The summed E-state index contributed by atoms with van der Waals surface area (Å²) in [6.45, 7) is 4.01. The Morgan fingerprint density at radius 1 is 1.11 bits per heavy atom. The molecule has 27 heavy (non-hydrogen) atoms. The molecule has 3 aromatic rings. The number of methoxy groups -OCH3 is 1. The second-order valence-electron chi connectivity index (χ2n) is 6.35. The molecule has 0 amide bonds. The highest BCUT2D eigenvalue weighted by Crippen LogP contribution is 2.32. The van der Waals surface area contributed by atoms with Crippen molar-refractivity contribution in [3.63, 3.8) is 0 Å². The molecule has 0 saturated carbocycles. The number of benzene rings is 2. The molecule has 0 spiro atoms. The summed E-state index contributed by atoms with van der Waals surface area (Å²) in [7, 11) is 1.52. The van der Waals surface area contributed by atoms with Gasteiger partial charge in [0.05, 0.1) is 24.5 Å². The predicted octanol–water partition coefficient (Wildman–Crippen LogP) is 4.51. The van der Waals surface area contributed by atoms with E-state index in [-0.39, 0.29) is 11.8 Å². The lowest BCUT2D eigenvalue weighted by atomic mass is 10.0. The average molecular weight is 364 g/mol. The van der Waals surface area contributed by atoms with Gasteiger partial charge in [-0.05, 0) is 37.1 Å². The van der Waals surface area contributed by atoms with Gasteiger partial charge in [-0.25, -0.2) is 4.98 Å². The molecule has 1 atom stereocenters. The van der Waals surface area contributed by atoms with Crippen molar-refractivity contribution >= 4 is 5.95 Å². The lowest BCUT2D eigenvalue weighted by Crippen LogP contribution is -2.14. The van der Waals surface area contributed by atoms with E-state index in [0.29, 0.717) is 23.1 Å². The molecule has 2 aromatic carbocycles. The molecule has 1 unspecified atom stereocenters. The van der Waals surface area contributed by atoms with Crippen molar-refractivity contribution in [1.82, 2.24) is 15.2 Å².